The van der Waals surface area contributed by atoms with Crippen molar-refractivity contribution in [3.63, 3.8) is 0 Å². The number of hydrogen-bond donors (Lipinski definition) is 1. The molecule has 0 aliphatic rings. The molecule has 6 nitrogen and oxygen atoms in total. The summed E-state index contributed by atoms with van der Waals surface area (Å²) >= 11 is 1.32. The zero-order valence-corrected chi connectivity index (χ0v) is 15.1. The summed E-state index contributed by atoms with van der Waals surface area (Å²) in [6.45, 7) is 5.86. The molecule has 0 bridgehead atoms. The number of anilines is 1. The van der Waals surface area contributed by atoms with Crippen molar-refractivity contribution in [3.05, 3.63) is 59.7 Å². The molecular weight excluding hydrogens is 334 g/mol. The van der Waals surface area contributed by atoms with Crippen LogP contribution < -0.4 is 5.32 Å². The summed E-state index contributed by atoms with van der Waals surface area (Å²) in [5, 5.41) is 15.0. The molecular formula is C18H19N5OS. The number of carbonyl (C=O) groups excluding carboxylic acids is 1. The lowest BCUT2D eigenvalue weighted by Gasteiger charge is -2.12. The average molecular weight is 353 g/mol. The average Bonchev–Trinajstić information content (AvgIpc) is 3.05. The van der Waals surface area contributed by atoms with Gasteiger partial charge in [0.25, 0.3) is 0 Å². The second-order valence-electron chi connectivity index (χ2n) is 5.83. The zero-order valence-electron chi connectivity index (χ0n) is 14.3. The molecule has 0 fully saturated rings. The first-order valence-corrected chi connectivity index (χ1v) is 8.80. The molecule has 0 radical (unpaired) electrons. The standard InChI is InChI=1S/C18H19N5OS/c1-12-7-9-15(10-8-12)19-17(24)14(3)25-18-20-21-22-23(18)16-6-4-5-13(2)11-16/h4-11,14H,1-3H3,(H,19,24). The van der Waals surface area contributed by atoms with Crippen LogP contribution in [-0.4, -0.2) is 31.4 Å². The van der Waals surface area contributed by atoms with Crippen LogP contribution in [0.2, 0.25) is 0 Å². The van der Waals surface area contributed by atoms with Crippen molar-refractivity contribution < 1.29 is 4.79 Å². The van der Waals surface area contributed by atoms with Crippen LogP contribution in [0.4, 0.5) is 5.69 Å². The SMILES string of the molecule is Cc1ccc(NC(=O)C(C)Sc2nnnn2-c2cccc(C)c2)cc1. The Morgan fingerprint density at radius 2 is 1.88 bits per heavy atom. The Bertz CT molecular complexity index is 875. The van der Waals surface area contributed by atoms with Gasteiger partial charge in [0.1, 0.15) is 0 Å². The van der Waals surface area contributed by atoms with Crippen molar-refractivity contribution in [1.82, 2.24) is 20.2 Å². The molecule has 1 heterocycles. The summed E-state index contributed by atoms with van der Waals surface area (Å²) in [7, 11) is 0. The van der Waals surface area contributed by atoms with Gasteiger partial charge in [-0.05, 0) is 61.0 Å². The highest BCUT2D eigenvalue weighted by atomic mass is 32.2. The molecule has 128 valence electrons. The lowest BCUT2D eigenvalue weighted by molar-refractivity contribution is -0.115. The topological polar surface area (TPSA) is 72.7 Å². The van der Waals surface area contributed by atoms with Gasteiger partial charge in [0, 0.05) is 5.69 Å². The van der Waals surface area contributed by atoms with Gasteiger partial charge in [-0.1, -0.05) is 41.6 Å². The molecule has 2 aromatic carbocycles. The van der Waals surface area contributed by atoms with Gasteiger partial charge in [-0.15, -0.1) is 5.10 Å². The lowest BCUT2D eigenvalue weighted by Crippen LogP contribution is -2.22. The zero-order chi connectivity index (χ0) is 17.8. The van der Waals surface area contributed by atoms with Gasteiger partial charge in [-0.3, -0.25) is 4.79 Å². The summed E-state index contributed by atoms with van der Waals surface area (Å²) in [6.07, 6.45) is 0. The van der Waals surface area contributed by atoms with E-state index >= 15 is 0 Å². The monoisotopic (exact) mass is 353 g/mol. The maximum absolute atomic E-state index is 12.4. The van der Waals surface area contributed by atoms with Gasteiger partial charge in [0.15, 0.2) is 0 Å². The fourth-order valence-corrected chi connectivity index (χ4v) is 3.07. The summed E-state index contributed by atoms with van der Waals surface area (Å²) < 4.78 is 1.65. The maximum Gasteiger partial charge on any atom is 0.237 e. The van der Waals surface area contributed by atoms with Gasteiger partial charge >= 0.3 is 0 Å². The van der Waals surface area contributed by atoms with Crippen LogP contribution in [0.1, 0.15) is 18.1 Å². The minimum absolute atomic E-state index is 0.0901. The van der Waals surface area contributed by atoms with E-state index in [1.54, 1.807) is 4.68 Å². The smallest absolute Gasteiger partial charge is 0.237 e. The number of nitrogens with zero attached hydrogens (tertiary/aromatic N) is 4. The molecule has 0 aliphatic carbocycles. The van der Waals surface area contributed by atoms with E-state index in [2.05, 4.69) is 20.8 Å². The third kappa shape index (κ3) is 4.24. The molecule has 1 aromatic heterocycles. The van der Waals surface area contributed by atoms with Crippen molar-refractivity contribution in [2.75, 3.05) is 5.32 Å². The van der Waals surface area contributed by atoms with Crippen molar-refractivity contribution in [2.45, 2.75) is 31.2 Å². The van der Waals surface area contributed by atoms with Crippen LogP contribution in [0.3, 0.4) is 0 Å². The van der Waals surface area contributed by atoms with E-state index in [9.17, 15) is 4.79 Å². The number of aromatic nitrogens is 4. The van der Waals surface area contributed by atoms with Gasteiger partial charge < -0.3 is 5.32 Å². The molecule has 0 aliphatic heterocycles. The summed E-state index contributed by atoms with van der Waals surface area (Å²) in [5.74, 6) is -0.0901. The van der Waals surface area contributed by atoms with Crippen molar-refractivity contribution in [3.8, 4) is 5.69 Å². The Kier molecular flexibility index (Phi) is 5.14. The Labute approximate surface area is 150 Å². The molecule has 3 rings (SSSR count). The Morgan fingerprint density at radius 3 is 2.60 bits per heavy atom. The van der Waals surface area contributed by atoms with E-state index in [0.29, 0.717) is 5.16 Å². The minimum Gasteiger partial charge on any atom is -0.325 e. The number of nitrogens with one attached hydrogen (secondary N) is 1. The number of carbonyl (C=O) groups is 1. The molecule has 25 heavy (non-hydrogen) atoms. The molecule has 3 aromatic rings. The van der Waals surface area contributed by atoms with Gasteiger partial charge in [-0.25, -0.2) is 0 Å². The highest BCUT2D eigenvalue weighted by Gasteiger charge is 2.19. The first-order chi connectivity index (χ1) is 12.0. The number of thioether (sulfide) groups is 1. The second-order valence-corrected chi connectivity index (χ2v) is 7.14. The normalized spacial score (nSPS) is 12.0. The summed E-state index contributed by atoms with van der Waals surface area (Å²) in [6, 6.07) is 15.6. The maximum atomic E-state index is 12.4. The van der Waals surface area contributed by atoms with Gasteiger partial charge in [0.05, 0.1) is 10.9 Å². The van der Waals surface area contributed by atoms with E-state index < -0.39 is 0 Å². The van der Waals surface area contributed by atoms with Crippen LogP contribution in [0.25, 0.3) is 5.69 Å². The van der Waals surface area contributed by atoms with Crippen molar-refractivity contribution in [1.29, 1.82) is 0 Å². The molecule has 0 spiro atoms. The predicted molar refractivity (Wildman–Crippen MR) is 99.0 cm³/mol. The van der Waals surface area contributed by atoms with Crippen LogP contribution >= 0.6 is 11.8 Å². The fraction of sp³-hybridized carbons (Fsp3) is 0.222. The van der Waals surface area contributed by atoms with E-state index in [-0.39, 0.29) is 11.2 Å². The van der Waals surface area contributed by atoms with Crippen molar-refractivity contribution >= 4 is 23.4 Å². The van der Waals surface area contributed by atoms with Gasteiger partial charge in [0.2, 0.25) is 11.1 Å². The number of benzene rings is 2. The number of amides is 1. The molecule has 1 N–H and O–H groups in total. The largest absolute Gasteiger partial charge is 0.325 e. The quantitative estimate of drug-likeness (QED) is 0.712. The molecule has 1 unspecified atom stereocenters. The highest BCUT2D eigenvalue weighted by molar-refractivity contribution is 8.00. The molecule has 0 saturated heterocycles. The molecule has 0 saturated carbocycles. The number of hydrogen-bond acceptors (Lipinski definition) is 5. The van der Waals surface area contributed by atoms with Crippen LogP contribution in [0.15, 0.2) is 53.7 Å². The summed E-state index contributed by atoms with van der Waals surface area (Å²) in [5.41, 5.74) is 3.92. The third-order valence-corrected chi connectivity index (χ3v) is 4.69. The van der Waals surface area contributed by atoms with E-state index in [1.807, 2.05) is 69.3 Å². The number of tetrazole rings is 1. The Morgan fingerprint density at radius 1 is 1.12 bits per heavy atom. The highest BCUT2D eigenvalue weighted by Crippen LogP contribution is 2.24. The van der Waals surface area contributed by atoms with E-state index in [1.165, 1.54) is 11.8 Å². The first kappa shape index (κ1) is 17.2. The molecule has 1 amide bonds. The van der Waals surface area contributed by atoms with Crippen LogP contribution in [-0.2, 0) is 4.79 Å². The van der Waals surface area contributed by atoms with Gasteiger partial charge in [-0.2, -0.15) is 4.68 Å². The summed E-state index contributed by atoms with van der Waals surface area (Å²) in [4.78, 5) is 12.4. The van der Waals surface area contributed by atoms with E-state index in [4.69, 9.17) is 0 Å². The molecule has 1 atom stereocenters. The molecule has 7 heteroatoms. The lowest BCUT2D eigenvalue weighted by atomic mass is 10.2. The minimum atomic E-state index is -0.337. The van der Waals surface area contributed by atoms with Crippen molar-refractivity contribution in [2.24, 2.45) is 0 Å². The first-order valence-electron chi connectivity index (χ1n) is 7.92. The predicted octanol–water partition coefficient (Wildman–Crippen LogP) is 3.40. The van der Waals surface area contributed by atoms with Crippen LogP contribution in [0, 0.1) is 13.8 Å². The Balaban J connectivity index is 1.71. The second kappa shape index (κ2) is 7.48. The Hall–Kier alpha value is -2.67. The third-order valence-electron chi connectivity index (χ3n) is 3.66. The number of rotatable bonds is 5. The fourth-order valence-electron chi connectivity index (χ4n) is 2.27. The van der Waals surface area contributed by atoms with E-state index in [0.717, 1.165) is 22.5 Å². The number of aryl methyl sites for hydroxylation is 2. The van der Waals surface area contributed by atoms with Crippen LogP contribution in [0.5, 0.6) is 0 Å².